The van der Waals surface area contributed by atoms with Gasteiger partial charge in [-0.3, -0.25) is 14.5 Å². The van der Waals surface area contributed by atoms with E-state index in [-0.39, 0.29) is 23.3 Å². The lowest BCUT2D eigenvalue weighted by Crippen LogP contribution is -2.34. The largest absolute Gasteiger partial charge is 0.385 e. The van der Waals surface area contributed by atoms with Crippen LogP contribution in [0.3, 0.4) is 0 Å². The van der Waals surface area contributed by atoms with E-state index >= 15 is 0 Å². The van der Waals surface area contributed by atoms with Crippen LogP contribution in [0.1, 0.15) is 24.0 Å². The molecule has 32 heavy (non-hydrogen) atoms. The molecular weight excluding hydrogens is 469 g/mol. The number of aliphatic imine (C=N–C) groups is 1. The Bertz CT molecular complexity index is 1020. The number of nitrogens with zero attached hydrogens (tertiary/aromatic N) is 2. The number of thioether (sulfide) groups is 1. The SMILES string of the molecule is COCCCN1C(=O)C(CC(=O)Nc2cccc(Cl)c2Cl)SC1=Nc1cc(C)cc(C)c1. The number of carbonyl (C=O) groups is 2. The molecular formula is C23H25Cl2N3O3S. The fourth-order valence-electron chi connectivity index (χ4n) is 3.39. The second kappa shape index (κ2) is 11.2. The molecule has 1 aliphatic heterocycles. The van der Waals surface area contributed by atoms with Gasteiger partial charge in [0, 0.05) is 26.7 Å². The standard InChI is InChI=1S/C23H25Cl2N3O3S/c1-14-10-15(2)12-16(11-14)26-23-28(8-5-9-31-3)22(30)19(32-23)13-20(29)27-18-7-4-6-17(24)21(18)25/h4,6-7,10-12,19H,5,8-9,13H2,1-3H3,(H,27,29). The van der Waals surface area contributed by atoms with E-state index in [9.17, 15) is 9.59 Å². The third-order valence-electron chi connectivity index (χ3n) is 4.78. The Balaban J connectivity index is 1.78. The van der Waals surface area contributed by atoms with E-state index in [1.165, 1.54) is 11.8 Å². The van der Waals surface area contributed by atoms with Crippen molar-refractivity contribution in [3.8, 4) is 0 Å². The molecule has 1 N–H and O–H groups in total. The molecule has 1 heterocycles. The molecule has 2 aromatic carbocycles. The van der Waals surface area contributed by atoms with Gasteiger partial charge in [0.25, 0.3) is 0 Å². The Morgan fingerprint density at radius 1 is 1.22 bits per heavy atom. The third-order valence-corrected chi connectivity index (χ3v) is 6.77. The summed E-state index contributed by atoms with van der Waals surface area (Å²) in [6.45, 7) is 5.02. The van der Waals surface area contributed by atoms with Gasteiger partial charge in [0.1, 0.15) is 5.25 Å². The molecule has 1 aliphatic rings. The van der Waals surface area contributed by atoms with Crippen LogP contribution in [-0.2, 0) is 14.3 Å². The van der Waals surface area contributed by atoms with Crippen molar-refractivity contribution in [1.29, 1.82) is 0 Å². The van der Waals surface area contributed by atoms with Crippen molar-refractivity contribution in [1.82, 2.24) is 4.90 Å². The fraction of sp³-hybridized carbons (Fsp3) is 0.348. The second-order valence-electron chi connectivity index (χ2n) is 7.54. The highest BCUT2D eigenvalue weighted by molar-refractivity contribution is 8.15. The highest BCUT2D eigenvalue weighted by atomic mass is 35.5. The van der Waals surface area contributed by atoms with Gasteiger partial charge >= 0.3 is 0 Å². The van der Waals surface area contributed by atoms with Crippen LogP contribution < -0.4 is 5.32 Å². The molecule has 1 atom stereocenters. The van der Waals surface area contributed by atoms with Crippen molar-refractivity contribution in [3.63, 3.8) is 0 Å². The van der Waals surface area contributed by atoms with Crippen LogP contribution in [0, 0.1) is 13.8 Å². The number of anilines is 1. The Kier molecular flexibility index (Phi) is 8.59. The Morgan fingerprint density at radius 3 is 2.62 bits per heavy atom. The van der Waals surface area contributed by atoms with Crippen molar-refractivity contribution >= 4 is 63.3 Å². The molecule has 0 spiro atoms. The van der Waals surface area contributed by atoms with Gasteiger partial charge in [-0.25, -0.2) is 4.99 Å². The molecule has 0 radical (unpaired) electrons. The maximum atomic E-state index is 13.1. The number of amidine groups is 1. The predicted molar refractivity (Wildman–Crippen MR) is 132 cm³/mol. The van der Waals surface area contributed by atoms with Crippen LogP contribution in [0.5, 0.6) is 0 Å². The van der Waals surface area contributed by atoms with Crippen LogP contribution in [0.25, 0.3) is 0 Å². The molecule has 0 saturated carbocycles. The average molecular weight is 494 g/mol. The minimum absolute atomic E-state index is 0.00101. The van der Waals surface area contributed by atoms with Gasteiger partial charge in [0.2, 0.25) is 11.8 Å². The smallest absolute Gasteiger partial charge is 0.242 e. The minimum atomic E-state index is -0.569. The summed E-state index contributed by atoms with van der Waals surface area (Å²) in [5.41, 5.74) is 3.39. The topological polar surface area (TPSA) is 71.0 Å². The lowest BCUT2D eigenvalue weighted by molar-refractivity contribution is -0.128. The first-order chi connectivity index (χ1) is 15.3. The monoisotopic (exact) mass is 493 g/mol. The highest BCUT2D eigenvalue weighted by Gasteiger charge is 2.39. The first-order valence-corrected chi connectivity index (χ1v) is 11.8. The zero-order valence-corrected chi connectivity index (χ0v) is 20.5. The van der Waals surface area contributed by atoms with Gasteiger partial charge in [-0.2, -0.15) is 0 Å². The molecule has 0 bridgehead atoms. The molecule has 3 rings (SSSR count). The van der Waals surface area contributed by atoms with Gasteiger partial charge in [0.05, 0.1) is 21.4 Å². The van der Waals surface area contributed by atoms with Crippen molar-refractivity contribution in [2.45, 2.75) is 31.9 Å². The van der Waals surface area contributed by atoms with Gasteiger partial charge in [0.15, 0.2) is 5.17 Å². The van der Waals surface area contributed by atoms with Crippen molar-refractivity contribution in [3.05, 3.63) is 57.6 Å². The lowest BCUT2D eigenvalue weighted by atomic mass is 10.1. The Labute approximate surface area is 202 Å². The molecule has 1 saturated heterocycles. The van der Waals surface area contributed by atoms with E-state index < -0.39 is 5.25 Å². The number of hydrogen-bond acceptors (Lipinski definition) is 5. The zero-order chi connectivity index (χ0) is 23.3. The van der Waals surface area contributed by atoms with E-state index in [0.717, 1.165) is 16.8 Å². The zero-order valence-electron chi connectivity index (χ0n) is 18.2. The van der Waals surface area contributed by atoms with Crippen LogP contribution >= 0.6 is 35.0 Å². The van der Waals surface area contributed by atoms with E-state index in [0.29, 0.717) is 35.5 Å². The fourth-order valence-corrected chi connectivity index (χ4v) is 4.93. The molecule has 9 heteroatoms. The first kappa shape index (κ1) is 24.6. The number of methoxy groups -OCH3 is 1. The molecule has 2 amide bonds. The molecule has 170 valence electrons. The van der Waals surface area contributed by atoms with Gasteiger partial charge in [-0.15, -0.1) is 0 Å². The van der Waals surface area contributed by atoms with E-state index in [1.807, 2.05) is 26.0 Å². The van der Waals surface area contributed by atoms with Crippen LogP contribution in [0.15, 0.2) is 41.4 Å². The average Bonchev–Trinajstić information content (AvgIpc) is 2.99. The van der Waals surface area contributed by atoms with E-state index in [2.05, 4.69) is 11.4 Å². The Hall–Kier alpha value is -2.06. The minimum Gasteiger partial charge on any atom is -0.385 e. The number of halogens is 2. The van der Waals surface area contributed by atoms with Crippen molar-refractivity contribution < 1.29 is 14.3 Å². The summed E-state index contributed by atoms with van der Waals surface area (Å²) in [6, 6.07) is 11.0. The van der Waals surface area contributed by atoms with Gasteiger partial charge < -0.3 is 10.1 Å². The lowest BCUT2D eigenvalue weighted by Gasteiger charge is -2.16. The number of hydrogen-bond donors (Lipinski definition) is 1. The summed E-state index contributed by atoms with van der Waals surface area (Å²) >= 11 is 13.5. The third kappa shape index (κ3) is 6.25. The number of rotatable bonds is 8. The second-order valence-corrected chi connectivity index (χ2v) is 9.49. The predicted octanol–water partition coefficient (Wildman–Crippen LogP) is 5.61. The number of nitrogens with one attached hydrogen (secondary N) is 1. The summed E-state index contributed by atoms with van der Waals surface area (Å²) in [6.07, 6.45) is 0.671. The first-order valence-electron chi connectivity index (χ1n) is 10.2. The molecule has 0 aliphatic carbocycles. The summed E-state index contributed by atoms with van der Waals surface area (Å²) < 4.78 is 5.13. The normalized spacial score (nSPS) is 17.3. The number of aryl methyl sites for hydroxylation is 2. The summed E-state index contributed by atoms with van der Waals surface area (Å²) in [5.74, 6) is -0.453. The number of ether oxygens (including phenoxy) is 1. The Morgan fingerprint density at radius 2 is 1.94 bits per heavy atom. The molecule has 1 fully saturated rings. The number of benzene rings is 2. The quantitative estimate of drug-likeness (QED) is 0.485. The highest BCUT2D eigenvalue weighted by Crippen LogP contribution is 2.34. The van der Waals surface area contributed by atoms with Crippen LogP contribution in [-0.4, -0.2) is 47.4 Å². The number of carbonyl (C=O) groups excluding carboxylic acids is 2. The van der Waals surface area contributed by atoms with E-state index in [1.54, 1.807) is 30.2 Å². The number of amides is 2. The maximum absolute atomic E-state index is 13.1. The van der Waals surface area contributed by atoms with Crippen molar-refractivity contribution in [2.24, 2.45) is 4.99 Å². The van der Waals surface area contributed by atoms with Crippen molar-refractivity contribution in [2.75, 3.05) is 25.6 Å². The molecule has 2 aromatic rings. The van der Waals surface area contributed by atoms with E-state index in [4.69, 9.17) is 32.9 Å². The maximum Gasteiger partial charge on any atom is 0.242 e. The summed E-state index contributed by atoms with van der Waals surface area (Å²) in [7, 11) is 1.62. The molecule has 6 nitrogen and oxygen atoms in total. The van der Waals surface area contributed by atoms with Crippen LogP contribution in [0.4, 0.5) is 11.4 Å². The molecule has 1 unspecified atom stereocenters. The summed E-state index contributed by atoms with van der Waals surface area (Å²) in [5, 5.41) is 3.39. The molecule has 0 aromatic heterocycles. The van der Waals surface area contributed by atoms with Gasteiger partial charge in [-0.05, 0) is 55.7 Å². The van der Waals surface area contributed by atoms with Gasteiger partial charge in [-0.1, -0.05) is 47.1 Å². The van der Waals surface area contributed by atoms with Crippen LogP contribution in [0.2, 0.25) is 10.0 Å². The summed E-state index contributed by atoms with van der Waals surface area (Å²) in [4.78, 5) is 32.1.